The minimum absolute atomic E-state index is 0.158. The van der Waals surface area contributed by atoms with E-state index >= 15 is 0 Å². The number of hydrogen-bond donors (Lipinski definition) is 1. The molecule has 0 aliphatic heterocycles. The molecule has 0 atom stereocenters. The fourth-order valence-electron chi connectivity index (χ4n) is 0.959. The second kappa shape index (κ2) is 4.67. The van der Waals surface area contributed by atoms with Crippen LogP contribution in [0.5, 0.6) is 0 Å². The fourth-order valence-corrected chi connectivity index (χ4v) is 1.27. The summed E-state index contributed by atoms with van der Waals surface area (Å²) in [5.41, 5.74) is 0.350. The summed E-state index contributed by atoms with van der Waals surface area (Å²) in [5, 5.41) is 2.93. The van der Waals surface area contributed by atoms with Crippen LogP contribution in [0, 0.1) is 11.6 Å². The molecule has 0 spiro atoms. The van der Waals surface area contributed by atoms with Crippen LogP contribution in [0.3, 0.4) is 0 Å². The van der Waals surface area contributed by atoms with E-state index < -0.39 is 11.6 Å². The van der Waals surface area contributed by atoms with Crippen molar-refractivity contribution in [2.24, 2.45) is 0 Å². The number of halogens is 3. The van der Waals surface area contributed by atoms with Crippen molar-refractivity contribution in [3.05, 3.63) is 33.8 Å². The molecule has 1 rings (SSSR count). The maximum absolute atomic E-state index is 13.1. The molecule has 0 saturated carbocycles. The van der Waals surface area contributed by atoms with Gasteiger partial charge in [-0.3, -0.25) is 0 Å². The third kappa shape index (κ3) is 2.74. The van der Waals surface area contributed by atoms with Gasteiger partial charge in [-0.05, 0) is 34.6 Å². The molecule has 1 aromatic carbocycles. The van der Waals surface area contributed by atoms with Crippen molar-refractivity contribution in [3.8, 4) is 0 Å². The summed E-state index contributed by atoms with van der Waals surface area (Å²) in [6.07, 6.45) is 0. The van der Waals surface area contributed by atoms with Gasteiger partial charge in [0.1, 0.15) is 11.6 Å². The zero-order chi connectivity index (χ0) is 9.84. The van der Waals surface area contributed by atoms with Gasteiger partial charge >= 0.3 is 0 Å². The van der Waals surface area contributed by atoms with E-state index in [1.807, 2.05) is 6.92 Å². The molecule has 0 bridgehead atoms. The molecule has 13 heavy (non-hydrogen) atoms. The molecule has 0 radical (unpaired) electrons. The fraction of sp³-hybridized carbons (Fsp3) is 0.333. The Kier molecular flexibility index (Phi) is 3.81. The van der Waals surface area contributed by atoms with Gasteiger partial charge in [0.25, 0.3) is 0 Å². The first-order valence-corrected chi connectivity index (χ1v) is 4.78. The Morgan fingerprint density at radius 3 is 2.62 bits per heavy atom. The summed E-state index contributed by atoms with van der Waals surface area (Å²) in [6, 6.07) is 2.34. The van der Waals surface area contributed by atoms with E-state index in [0.717, 1.165) is 12.6 Å². The lowest BCUT2D eigenvalue weighted by Crippen LogP contribution is -2.13. The van der Waals surface area contributed by atoms with Crippen molar-refractivity contribution in [1.82, 2.24) is 5.32 Å². The Hall–Kier alpha value is -0.480. The molecule has 0 aliphatic rings. The minimum Gasteiger partial charge on any atom is -0.313 e. The van der Waals surface area contributed by atoms with Crippen LogP contribution in [0.25, 0.3) is 0 Å². The van der Waals surface area contributed by atoms with Crippen LogP contribution in [0.15, 0.2) is 16.6 Å². The Labute approximate surface area is 84.3 Å². The predicted octanol–water partition coefficient (Wildman–Crippen LogP) is 2.84. The molecule has 1 N–H and O–H groups in total. The molecule has 0 saturated heterocycles. The Balaban J connectivity index is 2.88. The van der Waals surface area contributed by atoms with Crippen LogP contribution in [0.2, 0.25) is 0 Å². The van der Waals surface area contributed by atoms with Crippen LogP contribution in [0.4, 0.5) is 8.78 Å². The van der Waals surface area contributed by atoms with Crippen molar-refractivity contribution < 1.29 is 8.78 Å². The Morgan fingerprint density at radius 2 is 2.00 bits per heavy atom. The molecule has 1 nitrogen and oxygen atoms in total. The van der Waals surface area contributed by atoms with Gasteiger partial charge < -0.3 is 5.32 Å². The highest BCUT2D eigenvalue weighted by Gasteiger charge is 2.06. The molecule has 0 aromatic heterocycles. The monoisotopic (exact) mass is 249 g/mol. The highest BCUT2D eigenvalue weighted by Crippen LogP contribution is 2.19. The van der Waals surface area contributed by atoms with Gasteiger partial charge in [-0.2, -0.15) is 0 Å². The van der Waals surface area contributed by atoms with Crippen molar-refractivity contribution in [3.63, 3.8) is 0 Å². The second-order valence-corrected chi connectivity index (χ2v) is 3.49. The minimum atomic E-state index is -0.436. The molecular weight excluding hydrogens is 240 g/mol. The van der Waals surface area contributed by atoms with Crippen LogP contribution in [0.1, 0.15) is 12.5 Å². The lowest BCUT2D eigenvalue weighted by atomic mass is 10.2. The quantitative estimate of drug-likeness (QED) is 0.813. The van der Waals surface area contributed by atoms with Crippen molar-refractivity contribution in [2.45, 2.75) is 13.5 Å². The smallest absolute Gasteiger partial charge is 0.137 e. The van der Waals surface area contributed by atoms with Gasteiger partial charge in [-0.15, -0.1) is 0 Å². The maximum atomic E-state index is 13.1. The summed E-state index contributed by atoms with van der Waals surface area (Å²) in [5.74, 6) is -0.830. The van der Waals surface area contributed by atoms with Gasteiger partial charge in [0.2, 0.25) is 0 Å². The normalized spacial score (nSPS) is 10.5. The van der Waals surface area contributed by atoms with Gasteiger partial charge in [-0.25, -0.2) is 8.78 Å². The van der Waals surface area contributed by atoms with E-state index in [4.69, 9.17) is 0 Å². The van der Waals surface area contributed by atoms with Crippen LogP contribution < -0.4 is 5.32 Å². The summed E-state index contributed by atoms with van der Waals surface area (Å²) < 4.78 is 26.2. The summed E-state index contributed by atoms with van der Waals surface area (Å²) in [4.78, 5) is 0. The standard InChI is InChI=1S/C9H10BrF2N/c1-2-13-5-6-3-9(12)7(10)4-8(6)11/h3-4,13H,2,5H2,1H3. The predicted molar refractivity (Wildman–Crippen MR) is 51.4 cm³/mol. The lowest BCUT2D eigenvalue weighted by molar-refractivity contribution is 0.568. The first-order chi connectivity index (χ1) is 6.15. The maximum Gasteiger partial charge on any atom is 0.137 e. The highest BCUT2D eigenvalue weighted by molar-refractivity contribution is 9.10. The molecule has 0 unspecified atom stereocenters. The zero-order valence-corrected chi connectivity index (χ0v) is 8.79. The topological polar surface area (TPSA) is 12.0 Å². The third-order valence-corrected chi connectivity index (χ3v) is 2.26. The average molecular weight is 250 g/mol. The van der Waals surface area contributed by atoms with Crippen molar-refractivity contribution >= 4 is 15.9 Å². The van der Waals surface area contributed by atoms with Crippen molar-refractivity contribution in [2.75, 3.05) is 6.54 Å². The third-order valence-electron chi connectivity index (χ3n) is 1.65. The SMILES string of the molecule is CCNCc1cc(F)c(Br)cc1F. The number of rotatable bonds is 3. The van der Waals surface area contributed by atoms with E-state index in [0.29, 0.717) is 12.1 Å². The van der Waals surface area contributed by atoms with Gasteiger partial charge in [0, 0.05) is 12.1 Å². The Bertz CT molecular complexity index is 302. The summed E-state index contributed by atoms with van der Waals surface area (Å²) in [6.45, 7) is 3.00. The first kappa shape index (κ1) is 10.6. The van der Waals surface area contributed by atoms with Gasteiger partial charge in [0.05, 0.1) is 4.47 Å². The van der Waals surface area contributed by atoms with E-state index in [1.165, 1.54) is 6.07 Å². The molecule has 0 heterocycles. The van der Waals surface area contributed by atoms with Crippen LogP contribution in [-0.2, 0) is 6.54 Å². The molecule has 0 amide bonds. The zero-order valence-electron chi connectivity index (χ0n) is 7.20. The molecule has 1 aromatic rings. The molecule has 4 heteroatoms. The Morgan fingerprint density at radius 1 is 1.31 bits per heavy atom. The van der Waals surface area contributed by atoms with E-state index in [-0.39, 0.29) is 4.47 Å². The second-order valence-electron chi connectivity index (χ2n) is 2.64. The molecule has 72 valence electrons. The summed E-state index contributed by atoms with van der Waals surface area (Å²) >= 11 is 2.91. The van der Waals surface area contributed by atoms with Gasteiger partial charge in [-0.1, -0.05) is 6.92 Å². The lowest BCUT2D eigenvalue weighted by Gasteiger charge is -2.04. The summed E-state index contributed by atoms with van der Waals surface area (Å²) in [7, 11) is 0. The van der Waals surface area contributed by atoms with Crippen LogP contribution in [-0.4, -0.2) is 6.54 Å². The molecular formula is C9H10BrF2N. The average Bonchev–Trinajstić information content (AvgIpc) is 2.09. The van der Waals surface area contributed by atoms with Crippen molar-refractivity contribution in [1.29, 1.82) is 0 Å². The van der Waals surface area contributed by atoms with E-state index in [1.54, 1.807) is 0 Å². The largest absolute Gasteiger partial charge is 0.313 e. The van der Waals surface area contributed by atoms with Crippen LogP contribution >= 0.6 is 15.9 Å². The number of hydrogen-bond acceptors (Lipinski definition) is 1. The first-order valence-electron chi connectivity index (χ1n) is 3.99. The number of benzene rings is 1. The number of nitrogens with one attached hydrogen (secondary N) is 1. The molecule has 0 fully saturated rings. The van der Waals surface area contributed by atoms with E-state index in [9.17, 15) is 8.78 Å². The highest BCUT2D eigenvalue weighted by atomic mass is 79.9. The van der Waals surface area contributed by atoms with Gasteiger partial charge in [0.15, 0.2) is 0 Å². The molecule has 0 aliphatic carbocycles. The van der Waals surface area contributed by atoms with E-state index in [2.05, 4.69) is 21.2 Å².